The number of cyclic esters (lactones) is 1. The lowest BCUT2D eigenvalue weighted by molar-refractivity contribution is -0.287. The van der Waals surface area contributed by atoms with Crippen LogP contribution in [0.4, 0.5) is 0 Å². The van der Waals surface area contributed by atoms with Crippen molar-refractivity contribution in [3.63, 3.8) is 0 Å². The zero-order chi connectivity index (χ0) is 50.8. The average molecular weight is 973 g/mol. The molecule has 3 aliphatic heterocycles. The number of hydrogen-bond acceptors (Lipinski definition) is 26. The van der Waals surface area contributed by atoms with Gasteiger partial charge in [0.2, 0.25) is 29.6 Å². The molecule has 0 aromatic heterocycles. The van der Waals surface area contributed by atoms with E-state index in [9.17, 15) is 110 Å². The molecule has 0 spiro atoms. The van der Waals surface area contributed by atoms with Crippen LogP contribution in [0.25, 0.3) is 11.1 Å². The number of carbonyl (C=O) groups excluding carboxylic acids is 5. The third-order valence-corrected chi connectivity index (χ3v) is 11.0. The van der Waals surface area contributed by atoms with Crippen LogP contribution in [-0.2, 0) is 42.8 Å². The lowest BCUT2D eigenvalue weighted by atomic mass is 9.77. The molecule has 15 N–H and O–H groups in total. The molecule has 8 atom stereocenters. The lowest BCUT2D eigenvalue weighted by Gasteiger charge is -2.44. The van der Waals surface area contributed by atoms with Gasteiger partial charge in [-0.25, -0.2) is 24.0 Å². The van der Waals surface area contributed by atoms with E-state index in [1.165, 1.54) is 0 Å². The zero-order valence-electron chi connectivity index (χ0n) is 33.9. The standard InChI is InChI=1S/C41H32O28/c42-13-1-8(2-14(43)24(13)49)36(59)69-41-34-33-32(66-40(63)12(6-19(47)48)23(31(56)35(57)58)22-11(39(62)68-34)5-17(46)27(52)30(22)55)18(65-41)7-64-37(60)9-3-15(44)25(50)28(53)20(9)21-10(38(61)67-33)4-16(45)26(51)29(21)54/h1-5,12,18,23,31-34,41-46,49-56H,6-7H2,(H,47,48)(H,57,58)/t12-,18+,23-,31+,32+,33-,34+,41-/m0/s1. The van der Waals surface area contributed by atoms with Crippen molar-refractivity contribution in [2.75, 3.05) is 6.61 Å². The first-order valence-corrected chi connectivity index (χ1v) is 19.2. The van der Waals surface area contributed by atoms with Crippen LogP contribution < -0.4 is 0 Å². The first kappa shape index (κ1) is 47.6. The Labute approximate surface area is 380 Å². The fraction of sp³-hybridized carbons (Fsp3) is 0.244. The van der Waals surface area contributed by atoms with Crippen molar-refractivity contribution in [2.45, 2.75) is 49.1 Å². The summed E-state index contributed by atoms with van der Waals surface area (Å²) >= 11 is 0. The summed E-state index contributed by atoms with van der Waals surface area (Å²) in [6.07, 6.45) is -17.4. The number of hydrogen-bond donors (Lipinski definition) is 15. The van der Waals surface area contributed by atoms with Crippen molar-refractivity contribution in [1.29, 1.82) is 0 Å². The van der Waals surface area contributed by atoms with Crippen LogP contribution in [-0.4, -0.2) is 162 Å². The summed E-state index contributed by atoms with van der Waals surface area (Å²) in [5.74, 6) is -35.3. The molecule has 28 nitrogen and oxygen atoms in total. The van der Waals surface area contributed by atoms with Gasteiger partial charge in [0.05, 0.1) is 34.6 Å². The van der Waals surface area contributed by atoms with Gasteiger partial charge < -0.3 is 105 Å². The van der Waals surface area contributed by atoms with Crippen molar-refractivity contribution < 1.29 is 139 Å². The van der Waals surface area contributed by atoms with Crippen molar-refractivity contribution >= 4 is 41.8 Å². The van der Waals surface area contributed by atoms with E-state index in [2.05, 4.69) is 0 Å². The minimum atomic E-state index is -3.03. The third-order valence-electron chi connectivity index (χ3n) is 11.0. The molecule has 69 heavy (non-hydrogen) atoms. The van der Waals surface area contributed by atoms with Gasteiger partial charge >= 0.3 is 41.8 Å². The first-order chi connectivity index (χ1) is 32.3. The molecule has 0 aliphatic carbocycles. The molecule has 364 valence electrons. The van der Waals surface area contributed by atoms with E-state index < -0.39 is 211 Å². The number of aromatic hydroxyl groups is 12. The number of ether oxygens (including phenoxy) is 6. The monoisotopic (exact) mass is 972 g/mol. The smallest absolute Gasteiger partial charge is 0.340 e. The Morgan fingerprint density at radius 1 is 0.580 bits per heavy atom. The summed E-state index contributed by atoms with van der Waals surface area (Å²) in [6.45, 7) is -1.38. The van der Waals surface area contributed by atoms with Crippen LogP contribution in [0.3, 0.4) is 0 Å². The predicted molar refractivity (Wildman–Crippen MR) is 210 cm³/mol. The summed E-state index contributed by atoms with van der Waals surface area (Å²) in [5.41, 5.74) is -8.02. The lowest BCUT2D eigenvalue weighted by Crippen LogP contribution is -2.63. The SMILES string of the molecule is O=C(O)C[C@@H]1C(=O)O[C@H]2[C@@H]3OC(=O)c4cc(O)c(O)c(O)c4-c4c(cc(O)c(O)c4O)C(=O)OC[C@H]2O[C@@H](OC(=O)c2cc(O)c(O)c(O)c2)[C@@H]3OC(=O)c2cc(O)c(O)c(O)c2[C@H]1[C@@H](O)C(=O)O. The van der Waals surface area contributed by atoms with Gasteiger partial charge in [-0.15, -0.1) is 0 Å². The second kappa shape index (κ2) is 17.5. The Morgan fingerprint density at radius 2 is 1.06 bits per heavy atom. The summed E-state index contributed by atoms with van der Waals surface area (Å²) in [5, 5.41) is 158. The van der Waals surface area contributed by atoms with Gasteiger partial charge in [0.1, 0.15) is 12.7 Å². The molecule has 0 amide bonds. The van der Waals surface area contributed by atoms with Gasteiger partial charge in [0.15, 0.2) is 70.1 Å². The number of aliphatic hydroxyl groups excluding tert-OH is 1. The van der Waals surface area contributed by atoms with Crippen molar-refractivity contribution in [1.82, 2.24) is 0 Å². The normalized spacial score (nSPS) is 22.7. The number of fused-ring (bicyclic) bond motifs is 4. The average Bonchev–Trinajstić information content (AvgIpc) is 3.29. The third kappa shape index (κ3) is 8.20. The zero-order valence-corrected chi connectivity index (χ0v) is 33.9. The Hall–Kier alpha value is -9.31. The number of aliphatic carboxylic acids is 2. The van der Waals surface area contributed by atoms with Crippen LogP contribution in [0.1, 0.15) is 59.3 Å². The van der Waals surface area contributed by atoms with Crippen LogP contribution in [0.5, 0.6) is 69.0 Å². The van der Waals surface area contributed by atoms with Crippen LogP contribution in [0.2, 0.25) is 0 Å². The number of phenolic OH excluding ortho intramolecular Hbond substituents is 12. The van der Waals surface area contributed by atoms with Gasteiger partial charge in [-0.1, -0.05) is 0 Å². The number of carboxylic acids is 2. The molecule has 4 bridgehead atoms. The van der Waals surface area contributed by atoms with Crippen LogP contribution >= 0.6 is 0 Å². The van der Waals surface area contributed by atoms with E-state index in [0.29, 0.717) is 24.3 Å². The number of rotatable bonds is 6. The van der Waals surface area contributed by atoms with E-state index in [0.717, 1.165) is 0 Å². The number of aliphatic hydroxyl groups is 1. The largest absolute Gasteiger partial charge is 0.504 e. The highest BCUT2D eigenvalue weighted by Crippen LogP contribution is 2.54. The quantitative estimate of drug-likeness (QED) is 0.0680. The molecule has 1 saturated heterocycles. The second-order valence-corrected chi connectivity index (χ2v) is 15.1. The Balaban J connectivity index is 1.53. The molecule has 4 aromatic carbocycles. The number of esters is 5. The Bertz CT molecular complexity index is 2880. The Morgan fingerprint density at radius 3 is 1.59 bits per heavy atom. The predicted octanol–water partition coefficient (Wildman–Crippen LogP) is -0.131. The van der Waals surface area contributed by atoms with Gasteiger partial charge in [0, 0.05) is 22.6 Å². The molecule has 3 heterocycles. The maximum atomic E-state index is 14.6. The van der Waals surface area contributed by atoms with Gasteiger partial charge in [-0.05, 0) is 30.3 Å². The minimum Gasteiger partial charge on any atom is -0.504 e. The summed E-state index contributed by atoms with van der Waals surface area (Å²) in [7, 11) is 0. The molecule has 1 fully saturated rings. The highest BCUT2D eigenvalue weighted by molar-refractivity contribution is 6.08. The molecule has 0 saturated carbocycles. The molecular weight excluding hydrogens is 940 g/mol. The summed E-state index contributed by atoms with van der Waals surface area (Å²) < 4.78 is 33.4. The second-order valence-electron chi connectivity index (χ2n) is 15.1. The van der Waals surface area contributed by atoms with E-state index in [1.54, 1.807) is 0 Å². The first-order valence-electron chi connectivity index (χ1n) is 19.2. The fourth-order valence-corrected chi connectivity index (χ4v) is 7.80. The Kier molecular flexibility index (Phi) is 12.1. The van der Waals surface area contributed by atoms with Crippen molar-refractivity contribution in [2.24, 2.45) is 5.92 Å². The highest BCUT2D eigenvalue weighted by Gasteiger charge is 2.57. The van der Waals surface area contributed by atoms with E-state index in [4.69, 9.17) is 28.4 Å². The molecule has 7 rings (SSSR count). The molecule has 3 aliphatic rings. The van der Waals surface area contributed by atoms with Gasteiger partial charge in [-0.3, -0.25) is 9.59 Å². The fourth-order valence-electron chi connectivity index (χ4n) is 7.80. The van der Waals surface area contributed by atoms with E-state index in [-0.39, 0.29) is 6.07 Å². The molecule has 4 aromatic rings. The number of carboxylic acid groups (broad SMARTS) is 2. The topological polar surface area (TPSA) is 478 Å². The number of carbonyl (C=O) groups is 7. The molecule has 28 heteroatoms. The highest BCUT2D eigenvalue weighted by atomic mass is 16.7. The van der Waals surface area contributed by atoms with Crippen molar-refractivity contribution in [3.05, 3.63) is 58.1 Å². The molecule has 0 unspecified atom stereocenters. The number of phenols is 12. The van der Waals surface area contributed by atoms with Gasteiger partial charge in [0.25, 0.3) is 0 Å². The maximum Gasteiger partial charge on any atom is 0.340 e. The molecular formula is C41H32O28. The van der Waals surface area contributed by atoms with E-state index in [1.807, 2.05) is 0 Å². The molecule has 0 radical (unpaired) electrons. The maximum absolute atomic E-state index is 14.6. The van der Waals surface area contributed by atoms with Crippen LogP contribution in [0.15, 0.2) is 30.3 Å². The minimum absolute atomic E-state index is 0.264. The van der Waals surface area contributed by atoms with Gasteiger partial charge in [-0.2, -0.15) is 0 Å². The summed E-state index contributed by atoms with van der Waals surface area (Å²) in [6, 6.07) is 2.03. The van der Waals surface area contributed by atoms with Crippen molar-refractivity contribution in [3.8, 4) is 80.1 Å². The van der Waals surface area contributed by atoms with Crippen LogP contribution in [0, 0.1) is 5.92 Å². The summed E-state index contributed by atoms with van der Waals surface area (Å²) in [4.78, 5) is 96.0. The number of benzene rings is 4. The van der Waals surface area contributed by atoms with E-state index >= 15 is 0 Å².